The third kappa shape index (κ3) is 5.15. The zero-order valence-electron chi connectivity index (χ0n) is 20.9. The van der Waals surface area contributed by atoms with Crippen molar-refractivity contribution in [2.45, 2.75) is 50.5 Å². The van der Waals surface area contributed by atoms with Gasteiger partial charge >= 0.3 is 0 Å². The monoisotopic (exact) mass is 518 g/mol. The summed E-state index contributed by atoms with van der Waals surface area (Å²) in [6.07, 6.45) is 5.58. The highest BCUT2D eigenvalue weighted by atomic mass is 32.2. The van der Waals surface area contributed by atoms with Crippen molar-refractivity contribution < 1.29 is 13.2 Å². The van der Waals surface area contributed by atoms with Crippen molar-refractivity contribution in [2.24, 2.45) is 0 Å². The molecule has 0 unspecified atom stereocenters. The number of hydrogen-bond donors (Lipinski definition) is 3. The number of amides is 1. The van der Waals surface area contributed by atoms with Crippen LogP contribution in [0.2, 0.25) is 0 Å². The van der Waals surface area contributed by atoms with E-state index in [0.29, 0.717) is 29.0 Å². The highest BCUT2D eigenvalue weighted by Crippen LogP contribution is 2.31. The van der Waals surface area contributed by atoms with Crippen molar-refractivity contribution in [1.82, 2.24) is 19.3 Å². The average Bonchev–Trinajstić information content (AvgIpc) is 3.30. The molecule has 0 bridgehead atoms. The average molecular weight is 519 g/mol. The number of anilines is 3. The lowest BCUT2D eigenvalue weighted by atomic mass is 9.93. The zero-order valence-corrected chi connectivity index (χ0v) is 21.7. The number of aromatic nitrogens is 3. The Kier molecular flexibility index (Phi) is 6.84. The topological polar surface area (TPSA) is 118 Å². The molecular weight excluding hydrogens is 488 g/mol. The van der Waals surface area contributed by atoms with E-state index in [4.69, 9.17) is 0 Å². The Morgan fingerprint density at radius 2 is 1.86 bits per heavy atom. The molecule has 1 aliphatic carbocycles. The molecule has 10 heteroatoms. The summed E-state index contributed by atoms with van der Waals surface area (Å²) >= 11 is 0. The second-order valence-corrected chi connectivity index (χ2v) is 11.1. The van der Waals surface area contributed by atoms with Crippen LogP contribution in [0.3, 0.4) is 0 Å². The molecule has 0 saturated heterocycles. The van der Waals surface area contributed by atoms with Crippen LogP contribution in [0.4, 0.5) is 17.5 Å². The molecule has 37 heavy (non-hydrogen) atoms. The molecule has 2 heterocycles. The van der Waals surface area contributed by atoms with Gasteiger partial charge in [-0.05, 0) is 69.0 Å². The standard InChI is InChI=1S/C27H30N6O3S/c1-3-15-28-26(34)19-6-4-9-21(17-19)30-27-31-24(29-20-7-5-8-20)23-14-16-33(25(23)32-27)37(35,36)22-12-10-18(2)11-13-22/h4,6,9-14,16-17,20H,3,5,7-8,15H2,1-2H3,(H,28,34)(H2,29,30,31,32). The van der Waals surface area contributed by atoms with Gasteiger partial charge in [-0.25, -0.2) is 12.4 Å². The van der Waals surface area contributed by atoms with E-state index in [9.17, 15) is 13.2 Å². The summed E-state index contributed by atoms with van der Waals surface area (Å²) in [5.74, 6) is 0.652. The Balaban J connectivity index is 1.54. The van der Waals surface area contributed by atoms with Gasteiger partial charge < -0.3 is 16.0 Å². The minimum Gasteiger partial charge on any atom is -0.367 e. The van der Waals surface area contributed by atoms with Gasteiger partial charge in [0.25, 0.3) is 15.9 Å². The summed E-state index contributed by atoms with van der Waals surface area (Å²) < 4.78 is 28.2. The molecule has 1 saturated carbocycles. The second-order valence-electron chi connectivity index (χ2n) is 9.30. The van der Waals surface area contributed by atoms with Crippen LogP contribution in [0.5, 0.6) is 0 Å². The summed E-state index contributed by atoms with van der Waals surface area (Å²) in [7, 11) is -3.87. The zero-order chi connectivity index (χ0) is 26.0. The molecule has 0 atom stereocenters. The number of nitrogens with zero attached hydrogens (tertiary/aromatic N) is 3. The van der Waals surface area contributed by atoms with Crippen LogP contribution in [-0.4, -0.2) is 40.9 Å². The fourth-order valence-electron chi connectivity index (χ4n) is 4.13. The fraction of sp³-hybridized carbons (Fsp3) is 0.296. The molecule has 2 aromatic carbocycles. The summed E-state index contributed by atoms with van der Waals surface area (Å²) in [6, 6.07) is 15.8. The molecule has 1 amide bonds. The molecule has 192 valence electrons. The molecular formula is C27H30N6O3S. The maximum atomic E-state index is 13.5. The van der Waals surface area contributed by atoms with Crippen molar-refractivity contribution in [3.05, 3.63) is 71.9 Å². The molecule has 9 nitrogen and oxygen atoms in total. The van der Waals surface area contributed by atoms with E-state index in [0.717, 1.165) is 31.2 Å². The van der Waals surface area contributed by atoms with Crippen LogP contribution in [0, 0.1) is 6.92 Å². The first kappa shape index (κ1) is 24.8. The number of aryl methyl sites for hydroxylation is 1. The van der Waals surface area contributed by atoms with Gasteiger partial charge in [-0.1, -0.05) is 30.7 Å². The first-order chi connectivity index (χ1) is 17.8. The summed E-state index contributed by atoms with van der Waals surface area (Å²) in [6.45, 7) is 4.50. The van der Waals surface area contributed by atoms with Crippen LogP contribution in [0.15, 0.2) is 65.7 Å². The van der Waals surface area contributed by atoms with E-state index in [-0.39, 0.29) is 28.4 Å². The Hall–Kier alpha value is -3.92. The lowest BCUT2D eigenvalue weighted by Crippen LogP contribution is -2.27. The largest absolute Gasteiger partial charge is 0.367 e. The van der Waals surface area contributed by atoms with Gasteiger partial charge in [-0.3, -0.25) is 4.79 Å². The van der Waals surface area contributed by atoms with Crippen LogP contribution in [-0.2, 0) is 10.0 Å². The maximum absolute atomic E-state index is 13.5. The number of fused-ring (bicyclic) bond motifs is 1. The first-order valence-corrected chi connectivity index (χ1v) is 13.9. The van der Waals surface area contributed by atoms with E-state index in [1.54, 1.807) is 48.5 Å². The number of benzene rings is 2. The van der Waals surface area contributed by atoms with Gasteiger partial charge in [-0.15, -0.1) is 0 Å². The van der Waals surface area contributed by atoms with Gasteiger partial charge in [0.15, 0.2) is 5.65 Å². The highest BCUT2D eigenvalue weighted by molar-refractivity contribution is 7.90. The van der Waals surface area contributed by atoms with Gasteiger partial charge in [-0.2, -0.15) is 9.97 Å². The highest BCUT2D eigenvalue weighted by Gasteiger charge is 2.24. The SMILES string of the molecule is CCCNC(=O)c1cccc(Nc2nc(NC3CCC3)c3ccn(S(=O)(=O)c4ccc(C)cc4)c3n2)c1. The second kappa shape index (κ2) is 10.2. The van der Waals surface area contributed by atoms with Gasteiger partial charge in [0.05, 0.1) is 10.3 Å². The molecule has 2 aromatic heterocycles. The van der Waals surface area contributed by atoms with Crippen LogP contribution < -0.4 is 16.0 Å². The summed E-state index contributed by atoms with van der Waals surface area (Å²) in [4.78, 5) is 21.9. The van der Waals surface area contributed by atoms with E-state index in [2.05, 4.69) is 25.9 Å². The smallest absolute Gasteiger partial charge is 0.269 e. The van der Waals surface area contributed by atoms with E-state index in [1.165, 1.54) is 10.2 Å². The van der Waals surface area contributed by atoms with Crippen molar-refractivity contribution in [2.75, 3.05) is 17.2 Å². The van der Waals surface area contributed by atoms with Gasteiger partial charge in [0, 0.05) is 30.0 Å². The molecule has 4 aromatic rings. The quantitative estimate of drug-likeness (QED) is 0.291. The third-order valence-electron chi connectivity index (χ3n) is 6.45. The van der Waals surface area contributed by atoms with Crippen molar-refractivity contribution >= 4 is 44.4 Å². The predicted octanol–water partition coefficient (Wildman–Crippen LogP) is 4.82. The summed E-state index contributed by atoms with van der Waals surface area (Å²) in [5.41, 5.74) is 2.38. The first-order valence-electron chi connectivity index (χ1n) is 12.5. The molecule has 5 rings (SSSR count). The van der Waals surface area contributed by atoms with Crippen LogP contribution in [0.1, 0.15) is 48.5 Å². The third-order valence-corrected chi connectivity index (χ3v) is 8.13. The lowest BCUT2D eigenvalue weighted by molar-refractivity contribution is 0.0953. The number of hydrogen-bond acceptors (Lipinski definition) is 7. The number of carbonyl (C=O) groups is 1. The molecule has 1 fully saturated rings. The van der Waals surface area contributed by atoms with Crippen molar-refractivity contribution in [1.29, 1.82) is 0 Å². The normalized spacial score (nSPS) is 13.8. The molecule has 3 N–H and O–H groups in total. The van der Waals surface area contributed by atoms with E-state index >= 15 is 0 Å². The van der Waals surface area contributed by atoms with Gasteiger partial charge in [0.1, 0.15) is 5.82 Å². The van der Waals surface area contributed by atoms with Crippen LogP contribution in [0.25, 0.3) is 11.0 Å². The Bertz CT molecular complexity index is 1540. The Labute approximate surface area is 216 Å². The molecule has 0 aliphatic heterocycles. The van der Waals surface area contributed by atoms with Crippen LogP contribution >= 0.6 is 0 Å². The number of rotatable bonds is 9. The Morgan fingerprint density at radius 3 is 2.57 bits per heavy atom. The fourth-order valence-corrected chi connectivity index (χ4v) is 5.42. The van der Waals surface area contributed by atoms with E-state index < -0.39 is 10.0 Å². The summed E-state index contributed by atoms with van der Waals surface area (Å²) in [5, 5.41) is 10.1. The minimum absolute atomic E-state index is 0.160. The number of nitrogens with one attached hydrogen (secondary N) is 3. The van der Waals surface area contributed by atoms with Gasteiger partial charge in [0.2, 0.25) is 5.95 Å². The maximum Gasteiger partial charge on any atom is 0.269 e. The molecule has 1 aliphatic rings. The number of carbonyl (C=O) groups excluding carboxylic acids is 1. The van der Waals surface area contributed by atoms with E-state index in [1.807, 2.05) is 19.9 Å². The minimum atomic E-state index is -3.87. The predicted molar refractivity (Wildman–Crippen MR) is 145 cm³/mol. The lowest BCUT2D eigenvalue weighted by Gasteiger charge is -2.27. The Morgan fingerprint density at radius 1 is 1.08 bits per heavy atom. The van der Waals surface area contributed by atoms with Crippen molar-refractivity contribution in [3.63, 3.8) is 0 Å². The molecule has 0 spiro atoms. The molecule has 0 radical (unpaired) electrons. The van der Waals surface area contributed by atoms with Crippen molar-refractivity contribution in [3.8, 4) is 0 Å².